The first-order valence-electron chi connectivity index (χ1n) is 12.5. The van der Waals surface area contributed by atoms with Gasteiger partial charge in [0.2, 0.25) is 0 Å². The molecular weight excluding hydrogens is 493 g/mol. The zero-order valence-corrected chi connectivity index (χ0v) is 21.7. The first kappa shape index (κ1) is 27.4. The summed E-state index contributed by atoms with van der Waals surface area (Å²) in [6.45, 7) is 8.03. The fourth-order valence-corrected chi connectivity index (χ4v) is 4.33. The maximum absolute atomic E-state index is 13.2. The molecule has 0 spiro atoms. The fourth-order valence-electron chi connectivity index (χ4n) is 4.33. The van der Waals surface area contributed by atoms with E-state index in [2.05, 4.69) is 10.2 Å². The minimum atomic E-state index is -4.42. The van der Waals surface area contributed by atoms with E-state index in [0.29, 0.717) is 35.5 Å². The van der Waals surface area contributed by atoms with Gasteiger partial charge < -0.3 is 10.1 Å². The van der Waals surface area contributed by atoms with E-state index in [-0.39, 0.29) is 11.9 Å². The quantitative estimate of drug-likeness (QED) is 0.371. The number of anilines is 1. The van der Waals surface area contributed by atoms with Crippen molar-refractivity contribution < 1.29 is 27.5 Å². The molecule has 4 rings (SSSR count). The Kier molecular flexibility index (Phi) is 7.92. The second kappa shape index (κ2) is 11.0. The average Bonchev–Trinajstić information content (AvgIpc) is 2.87. The van der Waals surface area contributed by atoms with E-state index in [1.165, 1.54) is 12.1 Å². The fraction of sp³-hybridized carbons (Fsp3) is 0.333. The molecule has 1 amide bonds. The summed E-state index contributed by atoms with van der Waals surface area (Å²) in [5, 5.41) is 2.94. The molecule has 0 fully saturated rings. The number of rotatable bonds is 6. The summed E-state index contributed by atoms with van der Waals surface area (Å²) < 4.78 is 44.2. The number of halogens is 3. The number of esters is 1. The van der Waals surface area contributed by atoms with Gasteiger partial charge in [-0.3, -0.25) is 14.5 Å². The first-order chi connectivity index (χ1) is 17.9. The Morgan fingerprint density at radius 1 is 0.947 bits per heavy atom. The molecule has 5 nitrogen and oxygen atoms in total. The molecule has 0 unspecified atom stereocenters. The minimum absolute atomic E-state index is 0.213. The van der Waals surface area contributed by atoms with E-state index in [9.17, 15) is 22.8 Å². The topological polar surface area (TPSA) is 58.6 Å². The monoisotopic (exact) mass is 524 g/mol. The molecule has 200 valence electrons. The van der Waals surface area contributed by atoms with Gasteiger partial charge in [0.25, 0.3) is 5.91 Å². The van der Waals surface area contributed by atoms with Crippen LogP contribution in [-0.2, 0) is 28.7 Å². The highest BCUT2D eigenvalue weighted by Crippen LogP contribution is 2.32. The van der Waals surface area contributed by atoms with Crippen LogP contribution in [0.2, 0.25) is 0 Å². The molecular formula is C30H31F3N2O3. The molecule has 0 aromatic heterocycles. The number of hydrogen-bond acceptors (Lipinski definition) is 4. The standard InChI is InChI=1S/C30H31F3N2O3/c1-29(2,3)28(37)38-17-16-35-15-14-21-18-24(13-10-22(21)19-35)34-27(36)26-7-5-4-6-25(26)20-8-11-23(12-9-20)30(31,32)33/h4-13,18H,14-17,19H2,1-3H3,(H,34,36). The van der Waals surface area contributed by atoms with Gasteiger partial charge in [-0.1, -0.05) is 36.4 Å². The minimum Gasteiger partial charge on any atom is -0.464 e. The lowest BCUT2D eigenvalue weighted by Gasteiger charge is -2.29. The number of hydrogen-bond donors (Lipinski definition) is 1. The van der Waals surface area contributed by atoms with Crippen molar-refractivity contribution in [1.29, 1.82) is 0 Å². The number of ether oxygens (including phenoxy) is 1. The smallest absolute Gasteiger partial charge is 0.416 e. The summed E-state index contributed by atoms with van der Waals surface area (Å²) >= 11 is 0. The zero-order valence-electron chi connectivity index (χ0n) is 21.7. The Morgan fingerprint density at radius 2 is 1.66 bits per heavy atom. The second-order valence-corrected chi connectivity index (χ2v) is 10.5. The number of alkyl halides is 3. The van der Waals surface area contributed by atoms with Gasteiger partial charge in [0.1, 0.15) is 6.61 Å². The summed E-state index contributed by atoms with van der Waals surface area (Å²) in [7, 11) is 0. The first-order valence-corrected chi connectivity index (χ1v) is 12.5. The lowest BCUT2D eigenvalue weighted by molar-refractivity contribution is -0.153. The Balaban J connectivity index is 1.41. The number of nitrogens with one attached hydrogen (secondary N) is 1. The molecule has 0 aliphatic carbocycles. The van der Waals surface area contributed by atoms with Gasteiger partial charge in [-0.25, -0.2) is 0 Å². The van der Waals surface area contributed by atoms with Crippen LogP contribution in [0, 0.1) is 5.41 Å². The highest BCUT2D eigenvalue weighted by atomic mass is 19.4. The molecule has 8 heteroatoms. The summed E-state index contributed by atoms with van der Waals surface area (Å²) in [6, 6.07) is 17.4. The molecule has 1 heterocycles. The van der Waals surface area contributed by atoms with Crippen molar-refractivity contribution in [2.45, 2.75) is 39.9 Å². The van der Waals surface area contributed by atoms with Gasteiger partial charge in [-0.05, 0) is 79.8 Å². The van der Waals surface area contributed by atoms with E-state index in [1.54, 1.807) is 24.3 Å². The maximum Gasteiger partial charge on any atom is 0.416 e. The molecule has 0 radical (unpaired) electrons. The van der Waals surface area contributed by atoms with Crippen LogP contribution in [0.4, 0.5) is 18.9 Å². The van der Waals surface area contributed by atoms with Gasteiger partial charge in [0.15, 0.2) is 0 Å². The van der Waals surface area contributed by atoms with Crippen LogP contribution in [0.3, 0.4) is 0 Å². The lowest BCUT2D eigenvalue weighted by Crippen LogP contribution is -2.34. The van der Waals surface area contributed by atoms with Gasteiger partial charge in [-0.15, -0.1) is 0 Å². The maximum atomic E-state index is 13.2. The summed E-state index contributed by atoms with van der Waals surface area (Å²) in [4.78, 5) is 27.4. The molecule has 1 aliphatic rings. The highest BCUT2D eigenvalue weighted by molar-refractivity contribution is 6.08. The van der Waals surface area contributed by atoms with Crippen LogP contribution in [0.1, 0.15) is 47.8 Å². The van der Waals surface area contributed by atoms with Crippen molar-refractivity contribution in [2.75, 3.05) is 25.0 Å². The summed E-state index contributed by atoms with van der Waals surface area (Å²) in [5.74, 6) is -0.547. The highest BCUT2D eigenvalue weighted by Gasteiger charge is 2.30. The van der Waals surface area contributed by atoms with Crippen LogP contribution in [0.15, 0.2) is 66.7 Å². The largest absolute Gasteiger partial charge is 0.464 e. The normalized spacial score (nSPS) is 14.1. The average molecular weight is 525 g/mol. The number of amides is 1. The Labute approximate surface area is 220 Å². The van der Waals surface area contributed by atoms with Crippen molar-refractivity contribution in [3.63, 3.8) is 0 Å². The molecule has 38 heavy (non-hydrogen) atoms. The number of nitrogens with zero attached hydrogens (tertiary/aromatic N) is 1. The molecule has 0 saturated carbocycles. The third kappa shape index (κ3) is 6.61. The van der Waals surface area contributed by atoms with E-state index < -0.39 is 17.2 Å². The molecule has 1 N–H and O–H groups in total. The van der Waals surface area contributed by atoms with E-state index >= 15 is 0 Å². The van der Waals surface area contributed by atoms with Crippen molar-refractivity contribution in [3.8, 4) is 11.1 Å². The molecule has 0 bridgehead atoms. The summed E-state index contributed by atoms with van der Waals surface area (Å²) in [5.41, 5.74) is 3.16. The van der Waals surface area contributed by atoms with Crippen molar-refractivity contribution in [2.24, 2.45) is 5.41 Å². The number of carbonyl (C=O) groups excluding carboxylic acids is 2. The van der Waals surface area contributed by atoms with Gasteiger partial charge in [-0.2, -0.15) is 13.2 Å². The third-order valence-electron chi connectivity index (χ3n) is 6.50. The Morgan fingerprint density at radius 3 is 2.34 bits per heavy atom. The molecule has 0 atom stereocenters. The van der Waals surface area contributed by atoms with Crippen molar-refractivity contribution >= 4 is 17.6 Å². The number of fused-ring (bicyclic) bond motifs is 1. The Hall–Kier alpha value is -3.65. The number of benzene rings is 3. The predicted molar refractivity (Wildman–Crippen MR) is 141 cm³/mol. The predicted octanol–water partition coefficient (Wildman–Crippen LogP) is 6.57. The van der Waals surface area contributed by atoms with E-state index in [4.69, 9.17) is 4.74 Å². The molecule has 3 aromatic carbocycles. The zero-order chi connectivity index (χ0) is 27.5. The van der Waals surface area contributed by atoms with E-state index in [0.717, 1.165) is 42.8 Å². The van der Waals surface area contributed by atoms with Crippen LogP contribution >= 0.6 is 0 Å². The van der Waals surface area contributed by atoms with Crippen LogP contribution < -0.4 is 5.32 Å². The molecule has 0 saturated heterocycles. The van der Waals surface area contributed by atoms with E-state index in [1.807, 2.05) is 39.0 Å². The van der Waals surface area contributed by atoms with Crippen molar-refractivity contribution in [1.82, 2.24) is 4.90 Å². The van der Waals surface area contributed by atoms with Gasteiger partial charge in [0, 0.05) is 30.9 Å². The third-order valence-corrected chi connectivity index (χ3v) is 6.50. The Bertz CT molecular complexity index is 1310. The van der Waals surface area contributed by atoms with Crippen LogP contribution in [-0.4, -0.2) is 36.5 Å². The van der Waals surface area contributed by atoms with Crippen molar-refractivity contribution in [3.05, 3.63) is 89.0 Å². The SMILES string of the molecule is CC(C)(C)C(=O)OCCN1CCc2cc(NC(=O)c3ccccc3-c3ccc(C(F)(F)F)cc3)ccc2C1. The second-order valence-electron chi connectivity index (χ2n) is 10.5. The van der Waals surface area contributed by atoms with Gasteiger partial charge in [0.05, 0.1) is 11.0 Å². The number of carbonyl (C=O) groups is 2. The molecule has 3 aromatic rings. The van der Waals surface area contributed by atoms with Crippen LogP contribution in [0.25, 0.3) is 11.1 Å². The summed E-state index contributed by atoms with van der Waals surface area (Å²) in [6.07, 6.45) is -3.62. The lowest BCUT2D eigenvalue weighted by atomic mass is 9.97. The van der Waals surface area contributed by atoms with Gasteiger partial charge >= 0.3 is 12.1 Å². The molecule has 1 aliphatic heterocycles. The van der Waals surface area contributed by atoms with Crippen LogP contribution in [0.5, 0.6) is 0 Å².